The molecule has 1 rings (SSSR count). The Morgan fingerprint density at radius 1 is 1.15 bits per heavy atom. The van der Waals surface area contributed by atoms with Crippen molar-refractivity contribution >= 4 is 0 Å². The molecule has 0 aliphatic carbocycles. The van der Waals surface area contributed by atoms with E-state index in [1.165, 1.54) is 5.56 Å². The number of methoxy groups -OCH3 is 2. The highest BCUT2D eigenvalue weighted by Crippen LogP contribution is 2.35. The van der Waals surface area contributed by atoms with Gasteiger partial charge in [0.25, 0.3) is 0 Å². The summed E-state index contributed by atoms with van der Waals surface area (Å²) in [6, 6.07) is 10.8. The predicted molar refractivity (Wildman–Crippen MR) is 84.2 cm³/mol. The molecule has 2 unspecified atom stereocenters. The summed E-state index contributed by atoms with van der Waals surface area (Å²) < 4.78 is 10.5. The van der Waals surface area contributed by atoms with E-state index in [2.05, 4.69) is 49.5 Å². The maximum absolute atomic E-state index is 5.41. The molecule has 0 aromatic heterocycles. The fourth-order valence-corrected chi connectivity index (χ4v) is 2.90. The molecule has 3 nitrogen and oxygen atoms in total. The van der Waals surface area contributed by atoms with Gasteiger partial charge >= 0.3 is 0 Å². The van der Waals surface area contributed by atoms with Gasteiger partial charge in [0.2, 0.25) is 0 Å². The molecule has 0 aliphatic heterocycles. The Morgan fingerprint density at radius 3 is 2.40 bits per heavy atom. The van der Waals surface area contributed by atoms with Crippen LogP contribution in [0.5, 0.6) is 0 Å². The van der Waals surface area contributed by atoms with E-state index in [0.717, 1.165) is 32.7 Å². The van der Waals surface area contributed by atoms with Gasteiger partial charge in [-0.3, -0.25) is 0 Å². The monoisotopic (exact) mass is 279 g/mol. The van der Waals surface area contributed by atoms with Gasteiger partial charge in [-0.25, -0.2) is 0 Å². The van der Waals surface area contributed by atoms with Gasteiger partial charge in [0.15, 0.2) is 0 Å². The van der Waals surface area contributed by atoms with Crippen LogP contribution in [0.2, 0.25) is 0 Å². The molecular formula is C17H29NO2. The fraction of sp³-hybridized carbons (Fsp3) is 0.647. The van der Waals surface area contributed by atoms with E-state index in [0.29, 0.717) is 5.92 Å². The van der Waals surface area contributed by atoms with Crippen LogP contribution in [0.3, 0.4) is 0 Å². The summed E-state index contributed by atoms with van der Waals surface area (Å²) in [7, 11) is 3.51. The molecule has 1 aromatic carbocycles. The van der Waals surface area contributed by atoms with Crippen molar-refractivity contribution in [2.24, 2.45) is 5.92 Å². The first-order chi connectivity index (χ1) is 9.71. The number of ether oxygens (including phenoxy) is 2. The Hall–Kier alpha value is -0.900. The third-order valence-electron chi connectivity index (χ3n) is 4.26. The Balaban J connectivity index is 2.91. The van der Waals surface area contributed by atoms with Crippen molar-refractivity contribution in [3.05, 3.63) is 35.9 Å². The molecule has 0 heterocycles. The van der Waals surface area contributed by atoms with Crippen LogP contribution >= 0.6 is 0 Å². The van der Waals surface area contributed by atoms with Crippen molar-refractivity contribution in [1.82, 2.24) is 5.32 Å². The van der Waals surface area contributed by atoms with Gasteiger partial charge in [-0.05, 0) is 17.9 Å². The van der Waals surface area contributed by atoms with Gasteiger partial charge in [0.1, 0.15) is 0 Å². The minimum atomic E-state index is 0.102. The van der Waals surface area contributed by atoms with Gasteiger partial charge in [-0.1, -0.05) is 44.2 Å². The zero-order valence-corrected chi connectivity index (χ0v) is 13.3. The largest absolute Gasteiger partial charge is 0.384 e. The number of hydrogen-bond acceptors (Lipinski definition) is 3. The van der Waals surface area contributed by atoms with E-state index < -0.39 is 0 Å². The summed E-state index contributed by atoms with van der Waals surface area (Å²) in [4.78, 5) is 0. The Kier molecular flexibility index (Phi) is 7.82. The first kappa shape index (κ1) is 17.2. The molecule has 0 spiro atoms. The van der Waals surface area contributed by atoms with E-state index in [1.54, 1.807) is 14.2 Å². The minimum Gasteiger partial charge on any atom is -0.384 e. The minimum absolute atomic E-state index is 0.102. The fourth-order valence-electron chi connectivity index (χ4n) is 2.90. The average molecular weight is 279 g/mol. The molecule has 20 heavy (non-hydrogen) atoms. The Morgan fingerprint density at radius 2 is 1.85 bits per heavy atom. The lowest BCUT2D eigenvalue weighted by atomic mass is 9.69. The van der Waals surface area contributed by atoms with Crippen LogP contribution in [0.4, 0.5) is 0 Å². The van der Waals surface area contributed by atoms with E-state index in [4.69, 9.17) is 9.47 Å². The molecule has 0 saturated carbocycles. The molecule has 1 aromatic rings. The van der Waals surface area contributed by atoms with Gasteiger partial charge in [-0.2, -0.15) is 0 Å². The molecule has 0 fully saturated rings. The van der Waals surface area contributed by atoms with Crippen LogP contribution in [0.25, 0.3) is 0 Å². The standard InChI is InChI=1S/C17H29NO2/c1-5-17(15(2)13-20-4,14-18-11-12-19-3)16-9-7-6-8-10-16/h6-10,15,18H,5,11-14H2,1-4H3. The maximum atomic E-state index is 5.41. The smallest absolute Gasteiger partial charge is 0.0587 e. The van der Waals surface area contributed by atoms with E-state index >= 15 is 0 Å². The van der Waals surface area contributed by atoms with Crippen LogP contribution in [0, 0.1) is 5.92 Å². The molecule has 0 bridgehead atoms. The second-order valence-electron chi connectivity index (χ2n) is 5.40. The second-order valence-corrected chi connectivity index (χ2v) is 5.40. The van der Waals surface area contributed by atoms with Crippen molar-refractivity contribution in [2.75, 3.05) is 40.5 Å². The molecular weight excluding hydrogens is 250 g/mol. The molecule has 0 aliphatic rings. The molecule has 1 N–H and O–H groups in total. The van der Waals surface area contributed by atoms with Crippen molar-refractivity contribution in [2.45, 2.75) is 25.7 Å². The van der Waals surface area contributed by atoms with Crippen LogP contribution in [-0.4, -0.2) is 40.5 Å². The maximum Gasteiger partial charge on any atom is 0.0587 e. The number of hydrogen-bond donors (Lipinski definition) is 1. The summed E-state index contributed by atoms with van der Waals surface area (Å²) >= 11 is 0. The number of nitrogens with one attached hydrogen (secondary N) is 1. The van der Waals surface area contributed by atoms with E-state index in [1.807, 2.05) is 0 Å². The number of benzene rings is 1. The van der Waals surface area contributed by atoms with Crippen molar-refractivity contribution in [1.29, 1.82) is 0 Å². The lowest BCUT2D eigenvalue weighted by molar-refractivity contribution is 0.107. The summed E-state index contributed by atoms with van der Waals surface area (Å²) in [5, 5.41) is 3.54. The second kappa shape index (κ2) is 9.11. The van der Waals surface area contributed by atoms with Crippen molar-refractivity contribution < 1.29 is 9.47 Å². The van der Waals surface area contributed by atoms with Crippen LogP contribution < -0.4 is 5.32 Å². The van der Waals surface area contributed by atoms with Crippen LogP contribution in [0.15, 0.2) is 30.3 Å². The predicted octanol–water partition coefficient (Wildman–Crippen LogP) is 2.85. The third kappa shape index (κ3) is 4.30. The average Bonchev–Trinajstić information content (AvgIpc) is 2.49. The van der Waals surface area contributed by atoms with Gasteiger partial charge in [-0.15, -0.1) is 0 Å². The molecule has 0 saturated heterocycles. The summed E-state index contributed by atoms with van der Waals surface area (Å²) in [5.74, 6) is 0.454. The molecule has 0 amide bonds. The lowest BCUT2D eigenvalue weighted by Gasteiger charge is -2.39. The summed E-state index contributed by atoms with van der Waals surface area (Å²) in [6.07, 6.45) is 1.08. The van der Waals surface area contributed by atoms with E-state index in [-0.39, 0.29) is 5.41 Å². The van der Waals surface area contributed by atoms with Crippen molar-refractivity contribution in [3.8, 4) is 0 Å². The molecule has 2 atom stereocenters. The normalized spacial score (nSPS) is 15.8. The van der Waals surface area contributed by atoms with Gasteiger partial charge in [0.05, 0.1) is 6.61 Å². The highest BCUT2D eigenvalue weighted by molar-refractivity contribution is 5.27. The molecule has 114 valence electrons. The highest BCUT2D eigenvalue weighted by Gasteiger charge is 2.35. The van der Waals surface area contributed by atoms with Gasteiger partial charge in [0, 0.05) is 39.3 Å². The molecule has 0 radical (unpaired) electrons. The van der Waals surface area contributed by atoms with Gasteiger partial charge < -0.3 is 14.8 Å². The van der Waals surface area contributed by atoms with Crippen LogP contribution in [-0.2, 0) is 14.9 Å². The van der Waals surface area contributed by atoms with Crippen LogP contribution in [0.1, 0.15) is 25.8 Å². The lowest BCUT2D eigenvalue weighted by Crippen LogP contribution is -2.45. The van der Waals surface area contributed by atoms with Crippen molar-refractivity contribution in [3.63, 3.8) is 0 Å². The molecule has 3 heteroatoms. The highest BCUT2D eigenvalue weighted by atomic mass is 16.5. The SMILES string of the molecule is CCC(CNCCOC)(c1ccccc1)C(C)COC. The Labute approximate surface area is 123 Å². The first-order valence-corrected chi connectivity index (χ1v) is 7.45. The topological polar surface area (TPSA) is 30.5 Å². The zero-order valence-electron chi connectivity index (χ0n) is 13.3. The Bertz CT molecular complexity index is 355. The number of rotatable bonds is 10. The third-order valence-corrected chi connectivity index (χ3v) is 4.26. The first-order valence-electron chi connectivity index (χ1n) is 7.45. The summed E-state index contributed by atoms with van der Waals surface area (Å²) in [5.41, 5.74) is 1.49. The quantitative estimate of drug-likeness (QED) is 0.668. The zero-order chi connectivity index (χ0) is 14.8. The van der Waals surface area contributed by atoms with E-state index in [9.17, 15) is 0 Å². The summed E-state index contributed by atoms with van der Waals surface area (Å²) in [6.45, 7) is 7.88.